The number of alkyl carbamates (subject to hydrolysis) is 1. The number of rotatable bonds is 10. The number of benzene rings is 2. The van der Waals surface area contributed by atoms with Gasteiger partial charge in [-0.2, -0.15) is 0 Å². The lowest BCUT2D eigenvalue weighted by Gasteiger charge is -2.35. The summed E-state index contributed by atoms with van der Waals surface area (Å²) in [5.41, 5.74) is 2.36. The maximum atomic E-state index is 14.0. The highest BCUT2D eigenvalue weighted by molar-refractivity contribution is 5.99. The Labute approximate surface area is 221 Å². The molecule has 0 heterocycles. The molecule has 2 aromatic rings. The molecule has 2 aromatic carbocycles. The molecule has 0 aliphatic heterocycles. The van der Waals surface area contributed by atoms with E-state index in [9.17, 15) is 14.4 Å². The Morgan fingerprint density at radius 1 is 1.08 bits per heavy atom. The van der Waals surface area contributed by atoms with Crippen LogP contribution in [0.15, 0.2) is 55.1 Å². The van der Waals surface area contributed by atoms with Gasteiger partial charge in [0.2, 0.25) is 5.91 Å². The van der Waals surface area contributed by atoms with E-state index >= 15 is 0 Å². The first-order valence-electron chi connectivity index (χ1n) is 12.8. The van der Waals surface area contributed by atoms with Gasteiger partial charge in [-0.15, -0.1) is 0 Å². The van der Waals surface area contributed by atoms with E-state index in [0.717, 1.165) is 11.1 Å². The van der Waals surface area contributed by atoms with Crippen LogP contribution in [0.4, 0.5) is 10.5 Å². The fourth-order valence-electron chi connectivity index (χ4n) is 4.01. The highest BCUT2D eigenvalue weighted by Gasteiger charge is 2.37. The van der Waals surface area contributed by atoms with Crippen LogP contribution in [-0.4, -0.2) is 41.0 Å². The van der Waals surface area contributed by atoms with Gasteiger partial charge in [0.25, 0.3) is 5.91 Å². The predicted octanol–water partition coefficient (Wildman–Crippen LogP) is 6.11. The molecule has 3 atom stereocenters. The summed E-state index contributed by atoms with van der Waals surface area (Å²) in [6, 6.07) is 13.1. The Kier molecular flexibility index (Phi) is 10.5. The van der Waals surface area contributed by atoms with E-state index < -0.39 is 23.8 Å². The van der Waals surface area contributed by atoms with Crippen molar-refractivity contribution in [3.63, 3.8) is 0 Å². The van der Waals surface area contributed by atoms with Gasteiger partial charge in [-0.25, -0.2) is 4.79 Å². The summed E-state index contributed by atoms with van der Waals surface area (Å²) in [4.78, 5) is 42.0. The summed E-state index contributed by atoms with van der Waals surface area (Å²) in [5.74, 6) is -0.879. The fourth-order valence-corrected chi connectivity index (χ4v) is 4.01. The van der Waals surface area contributed by atoms with Crippen molar-refractivity contribution in [3.8, 4) is 0 Å². The summed E-state index contributed by atoms with van der Waals surface area (Å²) < 4.78 is 5.43. The van der Waals surface area contributed by atoms with Crippen LogP contribution in [0.3, 0.4) is 0 Å². The second-order valence-electron chi connectivity index (χ2n) is 10.2. The van der Waals surface area contributed by atoms with Crippen molar-refractivity contribution in [1.82, 2.24) is 10.2 Å². The van der Waals surface area contributed by atoms with Crippen LogP contribution in [0.25, 0.3) is 6.08 Å². The third-order valence-electron chi connectivity index (χ3n) is 6.20. The number of ether oxygens (including phenoxy) is 1. The van der Waals surface area contributed by atoms with Gasteiger partial charge >= 0.3 is 6.09 Å². The van der Waals surface area contributed by atoms with E-state index in [2.05, 4.69) is 17.2 Å². The lowest BCUT2D eigenvalue weighted by atomic mass is 9.95. The van der Waals surface area contributed by atoms with Gasteiger partial charge < -0.3 is 20.3 Å². The van der Waals surface area contributed by atoms with Crippen LogP contribution in [0, 0.1) is 12.8 Å². The number of carbonyl (C=O) groups excluding carboxylic acids is 3. The van der Waals surface area contributed by atoms with Crippen LogP contribution in [0.2, 0.25) is 0 Å². The molecule has 3 amide bonds. The normalized spacial score (nSPS) is 13.6. The molecule has 0 aromatic heterocycles. The van der Waals surface area contributed by atoms with Crippen LogP contribution in [-0.2, 0) is 14.3 Å². The molecule has 0 aliphatic carbocycles. The molecule has 2 N–H and O–H groups in total. The zero-order valence-corrected chi connectivity index (χ0v) is 23.1. The van der Waals surface area contributed by atoms with Gasteiger partial charge in [0, 0.05) is 12.2 Å². The molecule has 3 unspecified atom stereocenters. The number of likely N-dealkylation sites (N-methyl/N-ethyl adjacent to an activating group) is 1. The van der Waals surface area contributed by atoms with E-state index in [-0.39, 0.29) is 24.3 Å². The molecule has 0 fully saturated rings. The van der Waals surface area contributed by atoms with E-state index in [1.165, 1.54) is 4.90 Å². The fraction of sp³-hybridized carbons (Fsp3) is 0.433. The number of hydrogen-bond donors (Lipinski definition) is 2. The van der Waals surface area contributed by atoms with Crippen molar-refractivity contribution in [2.45, 2.75) is 72.6 Å². The standard InChI is InChI=1S/C30H41N3O4/c1-9-20(4)25(32-29(36)37-30(6,7)8)28(35)33(11-3)26(23-17-14-16-22(10-2)19-23)27(34)31-24-18-13-12-15-21(24)5/h10,12-20,25-26H,2,9,11H2,1,3-8H3,(H,31,34)(H,32,36). The van der Waals surface area contributed by atoms with Crippen LogP contribution in [0.1, 0.15) is 70.7 Å². The van der Waals surface area contributed by atoms with Gasteiger partial charge in [-0.3, -0.25) is 9.59 Å². The van der Waals surface area contributed by atoms with Gasteiger partial charge in [-0.05, 0) is 69.4 Å². The first kappa shape index (κ1) is 29.6. The van der Waals surface area contributed by atoms with E-state index in [0.29, 0.717) is 17.7 Å². The summed E-state index contributed by atoms with van der Waals surface area (Å²) in [7, 11) is 0. The minimum absolute atomic E-state index is 0.186. The van der Waals surface area contributed by atoms with E-state index in [4.69, 9.17) is 4.74 Å². The smallest absolute Gasteiger partial charge is 0.408 e. The summed E-state index contributed by atoms with van der Waals surface area (Å²) in [6.45, 7) is 17.0. The summed E-state index contributed by atoms with van der Waals surface area (Å²) in [5, 5.41) is 5.76. The lowest BCUT2D eigenvalue weighted by molar-refractivity contribution is -0.141. The molecule has 2 rings (SSSR count). The Morgan fingerprint density at radius 2 is 1.76 bits per heavy atom. The van der Waals surface area contributed by atoms with E-state index in [1.807, 2.05) is 76.2 Å². The van der Waals surface area contributed by atoms with Crippen molar-refractivity contribution in [2.24, 2.45) is 5.92 Å². The minimum Gasteiger partial charge on any atom is -0.444 e. The molecular weight excluding hydrogens is 466 g/mol. The van der Waals surface area contributed by atoms with E-state index in [1.54, 1.807) is 26.8 Å². The van der Waals surface area contributed by atoms with Crippen LogP contribution in [0.5, 0.6) is 0 Å². The lowest BCUT2D eigenvalue weighted by Crippen LogP contribution is -2.54. The third-order valence-corrected chi connectivity index (χ3v) is 6.20. The topological polar surface area (TPSA) is 87.7 Å². The van der Waals surface area contributed by atoms with Gasteiger partial charge in [0.15, 0.2) is 0 Å². The number of nitrogens with one attached hydrogen (secondary N) is 2. The number of nitrogens with zero attached hydrogens (tertiary/aromatic N) is 1. The highest BCUT2D eigenvalue weighted by atomic mass is 16.6. The summed E-state index contributed by atoms with van der Waals surface area (Å²) >= 11 is 0. The van der Waals surface area contributed by atoms with Crippen LogP contribution < -0.4 is 10.6 Å². The Balaban J connectivity index is 2.51. The number of aryl methyl sites for hydroxylation is 1. The average Bonchev–Trinajstić information content (AvgIpc) is 2.85. The first-order chi connectivity index (χ1) is 17.4. The maximum Gasteiger partial charge on any atom is 0.408 e. The zero-order valence-electron chi connectivity index (χ0n) is 23.1. The average molecular weight is 508 g/mol. The molecule has 0 spiro atoms. The number of amides is 3. The highest BCUT2D eigenvalue weighted by Crippen LogP contribution is 2.27. The van der Waals surface area contributed by atoms with Crippen molar-refractivity contribution in [2.75, 3.05) is 11.9 Å². The quantitative estimate of drug-likeness (QED) is 0.406. The van der Waals surface area contributed by atoms with Crippen molar-refractivity contribution in [3.05, 3.63) is 71.8 Å². The molecule has 7 nitrogen and oxygen atoms in total. The van der Waals surface area contributed by atoms with Crippen molar-refractivity contribution < 1.29 is 19.1 Å². The summed E-state index contributed by atoms with van der Waals surface area (Å²) in [6.07, 6.45) is 1.68. The molecule has 0 radical (unpaired) electrons. The molecular formula is C30H41N3O4. The first-order valence-corrected chi connectivity index (χ1v) is 12.8. The van der Waals surface area contributed by atoms with Gasteiger partial charge in [0.1, 0.15) is 17.7 Å². The number of para-hydroxylation sites is 1. The Hall–Kier alpha value is -3.61. The van der Waals surface area contributed by atoms with Crippen LogP contribution >= 0.6 is 0 Å². The maximum absolute atomic E-state index is 14.0. The monoisotopic (exact) mass is 507 g/mol. The Bertz CT molecular complexity index is 1110. The molecule has 200 valence electrons. The minimum atomic E-state index is -0.927. The number of anilines is 1. The predicted molar refractivity (Wildman–Crippen MR) is 149 cm³/mol. The SMILES string of the molecule is C=Cc1cccc(C(C(=O)Nc2ccccc2C)N(CC)C(=O)C(NC(=O)OC(C)(C)C)C(C)CC)c1. The third kappa shape index (κ3) is 8.20. The van der Waals surface area contributed by atoms with Gasteiger partial charge in [0.05, 0.1) is 0 Å². The Morgan fingerprint density at radius 3 is 2.32 bits per heavy atom. The van der Waals surface area contributed by atoms with Gasteiger partial charge in [-0.1, -0.05) is 69.3 Å². The number of hydrogen-bond acceptors (Lipinski definition) is 4. The van der Waals surface area contributed by atoms with Crippen molar-refractivity contribution in [1.29, 1.82) is 0 Å². The molecule has 0 bridgehead atoms. The molecule has 0 aliphatic rings. The zero-order chi connectivity index (χ0) is 27.8. The molecule has 0 saturated heterocycles. The van der Waals surface area contributed by atoms with Crippen molar-refractivity contribution >= 4 is 29.7 Å². The number of carbonyl (C=O) groups is 3. The largest absolute Gasteiger partial charge is 0.444 e. The second kappa shape index (κ2) is 13.1. The second-order valence-corrected chi connectivity index (χ2v) is 10.2. The molecule has 37 heavy (non-hydrogen) atoms. The molecule has 7 heteroatoms. The molecule has 0 saturated carbocycles.